The SMILES string of the molecule is C1CC1.CNCNNC(C=O)(c1cc(-c2cccc(C)c2)cs1)C1CC1. The van der Waals surface area contributed by atoms with E-state index in [9.17, 15) is 4.79 Å². The maximum absolute atomic E-state index is 12.0. The van der Waals surface area contributed by atoms with Gasteiger partial charge in [-0.05, 0) is 55.3 Å². The van der Waals surface area contributed by atoms with Gasteiger partial charge in [0.15, 0.2) is 0 Å². The molecule has 1 atom stereocenters. The molecule has 0 amide bonds. The van der Waals surface area contributed by atoms with Crippen LogP contribution in [0.2, 0.25) is 0 Å². The van der Waals surface area contributed by atoms with Crippen molar-refractivity contribution in [2.24, 2.45) is 5.92 Å². The van der Waals surface area contributed by atoms with Crippen LogP contribution < -0.4 is 16.2 Å². The Kier molecular flexibility index (Phi) is 6.59. The Morgan fingerprint density at radius 3 is 2.54 bits per heavy atom. The molecule has 3 N–H and O–H groups in total. The lowest BCUT2D eigenvalue weighted by atomic mass is 9.92. The first kappa shape index (κ1) is 19.2. The zero-order valence-corrected chi connectivity index (χ0v) is 16.5. The Balaban J connectivity index is 0.000000592. The van der Waals surface area contributed by atoms with Gasteiger partial charge in [-0.15, -0.1) is 11.3 Å². The van der Waals surface area contributed by atoms with Crippen molar-refractivity contribution in [1.29, 1.82) is 0 Å². The van der Waals surface area contributed by atoms with E-state index in [-0.39, 0.29) is 0 Å². The fourth-order valence-electron chi connectivity index (χ4n) is 2.90. The van der Waals surface area contributed by atoms with Crippen LogP contribution in [0.5, 0.6) is 0 Å². The molecule has 2 saturated carbocycles. The molecule has 1 unspecified atom stereocenters. The van der Waals surface area contributed by atoms with Gasteiger partial charge in [0.05, 0.1) is 6.67 Å². The van der Waals surface area contributed by atoms with Crippen molar-refractivity contribution in [2.45, 2.75) is 44.6 Å². The number of rotatable bonds is 8. The first-order valence-corrected chi connectivity index (χ1v) is 10.3. The van der Waals surface area contributed by atoms with Gasteiger partial charge in [-0.25, -0.2) is 10.9 Å². The summed E-state index contributed by atoms with van der Waals surface area (Å²) in [5.74, 6) is 0.369. The number of thiophene rings is 1. The van der Waals surface area contributed by atoms with Crippen molar-refractivity contribution < 1.29 is 4.79 Å². The highest BCUT2D eigenvalue weighted by molar-refractivity contribution is 7.10. The minimum atomic E-state index is -0.621. The average molecular weight is 372 g/mol. The third kappa shape index (κ3) is 4.80. The van der Waals surface area contributed by atoms with Crippen LogP contribution in [0.25, 0.3) is 11.1 Å². The van der Waals surface area contributed by atoms with E-state index >= 15 is 0 Å². The molecule has 2 aromatic rings. The molecule has 1 aromatic carbocycles. The smallest absolute Gasteiger partial charge is 0.146 e. The highest BCUT2D eigenvalue weighted by Gasteiger charge is 2.47. The third-order valence-electron chi connectivity index (χ3n) is 4.68. The lowest BCUT2D eigenvalue weighted by molar-refractivity contribution is -0.115. The van der Waals surface area contributed by atoms with Gasteiger partial charge in [-0.2, -0.15) is 0 Å². The molecule has 26 heavy (non-hydrogen) atoms. The molecule has 140 valence electrons. The second-order valence-corrected chi connectivity index (χ2v) is 8.13. The number of hydrogen-bond acceptors (Lipinski definition) is 5. The number of carbonyl (C=O) groups is 1. The Hall–Kier alpha value is -1.53. The molecule has 4 rings (SSSR count). The summed E-state index contributed by atoms with van der Waals surface area (Å²) >= 11 is 1.65. The summed E-state index contributed by atoms with van der Waals surface area (Å²) in [5, 5.41) is 5.17. The van der Waals surface area contributed by atoms with E-state index in [0.29, 0.717) is 12.6 Å². The molecule has 2 fully saturated rings. The normalized spacial score (nSPS) is 17.8. The molecule has 4 nitrogen and oxygen atoms in total. The number of aryl methyl sites for hydroxylation is 1. The van der Waals surface area contributed by atoms with Crippen LogP contribution in [-0.4, -0.2) is 20.0 Å². The van der Waals surface area contributed by atoms with Crippen LogP contribution >= 0.6 is 11.3 Å². The van der Waals surface area contributed by atoms with Crippen LogP contribution in [0.1, 0.15) is 42.5 Å². The Morgan fingerprint density at radius 1 is 1.19 bits per heavy atom. The molecule has 2 aliphatic rings. The summed E-state index contributed by atoms with van der Waals surface area (Å²) in [6, 6.07) is 10.6. The summed E-state index contributed by atoms with van der Waals surface area (Å²) in [6.45, 7) is 2.71. The van der Waals surface area contributed by atoms with Crippen molar-refractivity contribution in [3.63, 3.8) is 0 Å². The molecule has 0 radical (unpaired) electrons. The summed E-state index contributed by atoms with van der Waals surface area (Å²) < 4.78 is 0. The fourth-order valence-corrected chi connectivity index (χ4v) is 4.01. The van der Waals surface area contributed by atoms with Gasteiger partial charge >= 0.3 is 0 Å². The van der Waals surface area contributed by atoms with Gasteiger partial charge < -0.3 is 10.1 Å². The number of benzene rings is 1. The number of hydrogen-bond donors (Lipinski definition) is 3. The molecule has 2 aliphatic carbocycles. The van der Waals surface area contributed by atoms with Crippen molar-refractivity contribution in [2.75, 3.05) is 13.7 Å². The van der Waals surface area contributed by atoms with E-state index in [1.54, 1.807) is 11.3 Å². The average Bonchev–Trinajstić information content (AvgIpc) is 3.57. The number of carbonyl (C=O) groups excluding carboxylic acids is 1. The van der Waals surface area contributed by atoms with E-state index in [4.69, 9.17) is 0 Å². The molecule has 0 saturated heterocycles. The van der Waals surface area contributed by atoms with Gasteiger partial charge in [0, 0.05) is 4.88 Å². The van der Waals surface area contributed by atoms with Crippen LogP contribution in [0, 0.1) is 12.8 Å². The van der Waals surface area contributed by atoms with Crippen LogP contribution in [0.15, 0.2) is 35.7 Å². The predicted octanol–water partition coefficient (Wildman–Crippen LogP) is 3.97. The van der Waals surface area contributed by atoms with E-state index in [1.165, 1.54) is 36.0 Å². The summed E-state index contributed by atoms with van der Waals surface area (Å²) in [4.78, 5) is 13.1. The third-order valence-corrected chi connectivity index (χ3v) is 5.76. The molecule has 0 spiro atoms. The van der Waals surface area contributed by atoms with E-state index in [0.717, 1.165) is 24.0 Å². The zero-order valence-electron chi connectivity index (χ0n) is 15.7. The maximum Gasteiger partial charge on any atom is 0.146 e. The first-order chi connectivity index (χ1) is 12.7. The minimum absolute atomic E-state index is 0.369. The van der Waals surface area contributed by atoms with Crippen LogP contribution in [0.4, 0.5) is 0 Å². The Morgan fingerprint density at radius 2 is 1.96 bits per heavy atom. The summed E-state index contributed by atoms with van der Waals surface area (Å²) in [5.41, 5.74) is 9.39. The van der Waals surface area contributed by atoms with E-state index in [1.807, 2.05) is 7.05 Å². The lowest BCUT2D eigenvalue weighted by Crippen LogP contribution is -2.54. The summed E-state index contributed by atoms with van der Waals surface area (Å²) in [7, 11) is 1.87. The van der Waals surface area contributed by atoms with Gasteiger partial charge in [0.25, 0.3) is 0 Å². The van der Waals surface area contributed by atoms with Crippen molar-refractivity contribution >= 4 is 17.6 Å². The van der Waals surface area contributed by atoms with Gasteiger partial charge in [0.2, 0.25) is 0 Å². The van der Waals surface area contributed by atoms with Crippen molar-refractivity contribution in [3.8, 4) is 11.1 Å². The van der Waals surface area contributed by atoms with E-state index in [2.05, 4.69) is 58.8 Å². The van der Waals surface area contributed by atoms with Crippen molar-refractivity contribution in [1.82, 2.24) is 16.2 Å². The lowest BCUT2D eigenvalue weighted by Gasteiger charge is -2.28. The largest absolute Gasteiger partial charge is 0.307 e. The molecule has 0 aliphatic heterocycles. The molecule has 1 aromatic heterocycles. The second-order valence-electron chi connectivity index (χ2n) is 7.22. The topological polar surface area (TPSA) is 53.2 Å². The number of aldehydes is 1. The highest BCUT2D eigenvalue weighted by atomic mass is 32.1. The fraction of sp³-hybridized carbons (Fsp3) is 0.476. The summed E-state index contributed by atoms with van der Waals surface area (Å²) in [6.07, 6.45) is 7.74. The standard InChI is InChI=1S/C18H23N3OS.C3H6/c1-13-4-3-5-14(8-13)15-9-17(23-10-15)18(11-22,16-6-7-16)21-20-12-19-2;1-2-3-1/h3-5,8-11,16,19-21H,6-7,12H2,1-2H3;1-3H2. The maximum atomic E-state index is 12.0. The first-order valence-electron chi connectivity index (χ1n) is 9.46. The van der Waals surface area contributed by atoms with Crippen LogP contribution in [-0.2, 0) is 10.3 Å². The Bertz CT molecular complexity index is 721. The van der Waals surface area contributed by atoms with Gasteiger partial charge in [0.1, 0.15) is 11.8 Å². The highest BCUT2D eigenvalue weighted by Crippen LogP contribution is 2.46. The number of nitrogens with one attached hydrogen (secondary N) is 3. The quantitative estimate of drug-likeness (QED) is 0.284. The second kappa shape index (κ2) is 8.91. The van der Waals surface area contributed by atoms with E-state index < -0.39 is 5.54 Å². The molecular weight excluding hydrogens is 342 g/mol. The number of hydrazine groups is 1. The zero-order chi connectivity index (χ0) is 18.4. The molecular formula is C21H29N3OS. The molecule has 0 bridgehead atoms. The van der Waals surface area contributed by atoms with Crippen molar-refractivity contribution in [3.05, 3.63) is 46.2 Å². The molecule has 5 heteroatoms. The van der Waals surface area contributed by atoms with Gasteiger partial charge in [-0.1, -0.05) is 49.1 Å². The monoisotopic (exact) mass is 371 g/mol. The molecule has 1 heterocycles. The van der Waals surface area contributed by atoms with Crippen LogP contribution in [0.3, 0.4) is 0 Å². The van der Waals surface area contributed by atoms with Gasteiger partial charge in [-0.3, -0.25) is 0 Å². The predicted molar refractivity (Wildman–Crippen MR) is 109 cm³/mol. The Labute approximate surface area is 160 Å². The minimum Gasteiger partial charge on any atom is -0.307 e.